The molecule has 1 unspecified atom stereocenters. The van der Waals surface area contributed by atoms with Crippen LogP contribution in [0.15, 0.2) is 43.0 Å². The normalized spacial score (nSPS) is 22.9. The minimum atomic E-state index is -0.630. The van der Waals surface area contributed by atoms with Gasteiger partial charge in [-0.15, -0.1) is 0 Å². The zero-order chi connectivity index (χ0) is 20.2. The third-order valence-corrected chi connectivity index (χ3v) is 5.35. The molecule has 29 heavy (non-hydrogen) atoms. The molecule has 0 radical (unpaired) electrons. The highest BCUT2D eigenvalue weighted by Gasteiger charge is 2.40. The summed E-state index contributed by atoms with van der Waals surface area (Å²) in [5.41, 5.74) is 8.13. The fourth-order valence-electron chi connectivity index (χ4n) is 3.79. The molecule has 0 saturated carbocycles. The summed E-state index contributed by atoms with van der Waals surface area (Å²) in [4.78, 5) is 12.6. The lowest BCUT2D eigenvalue weighted by molar-refractivity contribution is -0.114. The largest absolute Gasteiger partial charge is 0.390 e. The van der Waals surface area contributed by atoms with Crippen molar-refractivity contribution in [2.45, 2.75) is 63.8 Å². The molecular weight excluding hydrogens is 370 g/mol. The number of nitrogens with two attached hydrogens (primary N) is 1. The highest BCUT2D eigenvalue weighted by Crippen LogP contribution is 2.34. The van der Waals surface area contributed by atoms with Crippen molar-refractivity contribution in [3.63, 3.8) is 0 Å². The topological polar surface area (TPSA) is 108 Å². The second-order valence-corrected chi connectivity index (χ2v) is 7.42. The van der Waals surface area contributed by atoms with Crippen molar-refractivity contribution in [2.24, 2.45) is 0 Å². The van der Waals surface area contributed by atoms with E-state index in [-0.39, 0.29) is 12.3 Å². The van der Waals surface area contributed by atoms with E-state index in [1.54, 1.807) is 6.33 Å². The predicted molar refractivity (Wildman–Crippen MR) is 109 cm³/mol. The maximum atomic E-state index is 10.8. The first-order valence-corrected chi connectivity index (χ1v) is 10.1. The molecule has 1 saturated heterocycles. The molecule has 154 valence electrons. The van der Waals surface area contributed by atoms with Crippen molar-refractivity contribution < 1.29 is 14.6 Å². The number of hydrogen-bond acceptors (Lipinski definition) is 7. The molecule has 1 fully saturated rings. The fourth-order valence-corrected chi connectivity index (χ4v) is 3.79. The Labute approximate surface area is 169 Å². The number of nitrogen functional groups attached to an aromatic ring is 1. The quantitative estimate of drug-likeness (QED) is 0.601. The Kier molecular flexibility index (Phi) is 6.03. The number of ether oxygens (including phenoxy) is 2. The van der Waals surface area contributed by atoms with Crippen LogP contribution in [0.5, 0.6) is 0 Å². The summed E-state index contributed by atoms with van der Waals surface area (Å²) < 4.78 is 14.3. The van der Waals surface area contributed by atoms with Crippen LogP contribution >= 0.6 is 0 Å². The summed E-state index contributed by atoms with van der Waals surface area (Å²) >= 11 is 0. The van der Waals surface area contributed by atoms with E-state index in [1.807, 2.05) is 34.9 Å². The van der Waals surface area contributed by atoms with Crippen molar-refractivity contribution in [3.8, 4) is 0 Å². The molecule has 3 aromatic rings. The minimum Gasteiger partial charge on any atom is -0.390 e. The number of hydrogen-bond donors (Lipinski definition) is 2. The van der Waals surface area contributed by atoms with E-state index in [1.165, 1.54) is 6.33 Å². The van der Waals surface area contributed by atoms with E-state index in [0.29, 0.717) is 30.0 Å². The number of benzene rings is 1. The number of aliphatic hydroxyl groups is 1. The van der Waals surface area contributed by atoms with Crippen molar-refractivity contribution in [3.05, 3.63) is 48.5 Å². The number of aromatic nitrogens is 4. The molecule has 3 N–H and O–H groups in total. The van der Waals surface area contributed by atoms with E-state index < -0.39 is 12.2 Å². The smallest absolute Gasteiger partial charge is 0.167 e. The fraction of sp³-hybridized carbons (Fsp3) is 0.476. The van der Waals surface area contributed by atoms with Crippen LogP contribution in [-0.4, -0.2) is 42.9 Å². The second kappa shape index (κ2) is 8.86. The SMILES string of the molecule is CCCCC(OCc1ccccc1)[C@H]1O[C@@H](n2cnc3c(N)ncnc32)C[C@@H]1O. The summed E-state index contributed by atoms with van der Waals surface area (Å²) in [5, 5.41) is 10.8. The summed E-state index contributed by atoms with van der Waals surface area (Å²) in [7, 11) is 0. The average molecular weight is 397 g/mol. The Morgan fingerprint density at radius 1 is 1.28 bits per heavy atom. The third-order valence-electron chi connectivity index (χ3n) is 5.35. The van der Waals surface area contributed by atoms with Crippen LogP contribution < -0.4 is 5.73 Å². The van der Waals surface area contributed by atoms with Crippen LogP contribution in [0.4, 0.5) is 5.82 Å². The second-order valence-electron chi connectivity index (χ2n) is 7.42. The van der Waals surface area contributed by atoms with E-state index in [9.17, 15) is 5.11 Å². The molecule has 1 aliphatic heterocycles. The summed E-state index contributed by atoms with van der Waals surface area (Å²) in [6.07, 6.45) is 4.78. The van der Waals surface area contributed by atoms with Crippen molar-refractivity contribution in [1.82, 2.24) is 19.5 Å². The van der Waals surface area contributed by atoms with Gasteiger partial charge in [0.1, 0.15) is 24.2 Å². The molecule has 3 heterocycles. The molecule has 0 aliphatic carbocycles. The number of nitrogens with zero attached hydrogens (tertiary/aromatic N) is 4. The lowest BCUT2D eigenvalue weighted by Crippen LogP contribution is -2.36. The van der Waals surface area contributed by atoms with Gasteiger partial charge in [-0.05, 0) is 12.0 Å². The summed E-state index contributed by atoms with van der Waals surface area (Å²) in [6.45, 7) is 2.63. The highest BCUT2D eigenvalue weighted by atomic mass is 16.6. The van der Waals surface area contributed by atoms with Gasteiger partial charge in [0, 0.05) is 6.42 Å². The molecule has 8 nitrogen and oxygen atoms in total. The average Bonchev–Trinajstić information content (AvgIpc) is 3.33. The van der Waals surface area contributed by atoms with Gasteiger partial charge in [0.05, 0.1) is 25.1 Å². The van der Waals surface area contributed by atoms with Gasteiger partial charge in [0.25, 0.3) is 0 Å². The van der Waals surface area contributed by atoms with Crippen LogP contribution in [0, 0.1) is 0 Å². The Bertz CT molecular complexity index is 932. The number of imidazole rings is 1. The molecular formula is C21H27N5O3. The Balaban J connectivity index is 1.50. The van der Waals surface area contributed by atoms with Crippen LogP contribution in [0.1, 0.15) is 44.4 Å². The van der Waals surface area contributed by atoms with E-state index in [2.05, 4.69) is 21.9 Å². The van der Waals surface area contributed by atoms with Gasteiger partial charge in [0.15, 0.2) is 11.5 Å². The van der Waals surface area contributed by atoms with Crippen molar-refractivity contribution >= 4 is 17.0 Å². The zero-order valence-corrected chi connectivity index (χ0v) is 16.5. The Hall–Kier alpha value is -2.55. The van der Waals surface area contributed by atoms with Crippen LogP contribution in [0.3, 0.4) is 0 Å². The van der Waals surface area contributed by atoms with Gasteiger partial charge in [-0.25, -0.2) is 15.0 Å². The van der Waals surface area contributed by atoms with Gasteiger partial charge < -0.3 is 20.3 Å². The van der Waals surface area contributed by atoms with Gasteiger partial charge in [-0.3, -0.25) is 4.57 Å². The first kappa shape index (κ1) is 19.8. The molecule has 1 aliphatic rings. The number of aliphatic hydroxyl groups excluding tert-OH is 1. The molecule has 0 amide bonds. The first-order chi connectivity index (χ1) is 14.2. The lowest BCUT2D eigenvalue weighted by atomic mass is 10.0. The first-order valence-electron chi connectivity index (χ1n) is 10.1. The molecule has 4 atom stereocenters. The third kappa shape index (κ3) is 4.24. The molecule has 8 heteroatoms. The van der Waals surface area contributed by atoms with Crippen LogP contribution in [0.2, 0.25) is 0 Å². The maximum Gasteiger partial charge on any atom is 0.167 e. The predicted octanol–water partition coefficient (Wildman–Crippen LogP) is 2.83. The van der Waals surface area contributed by atoms with Gasteiger partial charge in [-0.1, -0.05) is 50.1 Å². The Morgan fingerprint density at radius 2 is 2.10 bits per heavy atom. The number of fused-ring (bicyclic) bond motifs is 1. The number of rotatable bonds is 8. The lowest BCUT2D eigenvalue weighted by Gasteiger charge is -2.26. The van der Waals surface area contributed by atoms with E-state index >= 15 is 0 Å². The molecule has 1 aromatic carbocycles. The van der Waals surface area contributed by atoms with Gasteiger partial charge in [0.2, 0.25) is 0 Å². The van der Waals surface area contributed by atoms with E-state index in [4.69, 9.17) is 15.2 Å². The Morgan fingerprint density at radius 3 is 2.90 bits per heavy atom. The number of anilines is 1. The minimum absolute atomic E-state index is 0.190. The van der Waals surface area contributed by atoms with Crippen LogP contribution in [-0.2, 0) is 16.1 Å². The molecule has 2 aromatic heterocycles. The standard InChI is InChI=1S/C21H27N5O3/c1-2-3-9-16(28-11-14-7-5-4-6-8-14)19-15(27)10-17(29-19)26-13-25-18-20(22)23-12-24-21(18)26/h4-8,12-13,15-17,19,27H,2-3,9-11H2,1H3,(H2,22,23,24)/t15-,16?,17+,19-/m0/s1. The molecule has 0 bridgehead atoms. The summed E-state index contributed by atoms with van der Waals surface area (Å²) in [5.74, 6) is 0.330. The van der Waals surface area contributed by atoms with Crippen molar-refractivity contribution in [1.29, 1.82) is 0 Å². The van der Waals surface area contributed by atoms with E-state index in [0.717, 1.165) is 24.8 Å². The summed E-state index contributed by atoms with van der Waals surface area (Å²) in [6, 6.07) is 10.0. The zero-order valence-electron chi connectivity index (χ0n) is 16.5. The van der Waals surface area contributed by atoms with Gasteiger partial charge in [-0.2, -0.15) is 0 Å². The monoisotopic (exact) mass is 397 g/mol. The highest BCUT2D eigenvalue weighted by molar-refractivity contribution is 5.81. The number of unbranched alkanes of at least 4 members (excludes halogenated alkanes) is 1. The molecule has 0 spiro atoms. The van der Waals surface area contributed by atoms with Crippen LogP contribution in [0.25, 0.3) is 11.2 Å². The maximum absolute atomic E-state index is 10.8. The van der Waals surface area contributed by atoms with Crippen molar-refractivity contribution in [2.75, 3.05) is 5.73 Å². The molecule has 4 rings (SSSR count). The van der Waals surface area contributed by atoms with Gasteiger partial charge >= 0.3 is 0 Å².